The van der Waals surface area contributed by atoms with Crippen molar-refractivity contribution in [1.82, 2.24) is 20.4 Å². The summed E-state index contributed by atoms with van der Waals surface area (Å²) >= 11 is 0. The average molecular weight is 524 g/mol. The zero-order valence-corrected chi connectivity index (χ0v) is 21.9. The molecule has 2 fully saturated rings. The van der Waals surface area contributed by atoms with Crippen LogP contribution in [-0.2, 0) is 4.79 Å². The molecule has 1 heterocycles. The molecule has 0 bridgehead atoms. The number of nitrogens with zero attached hydrogens (tertiary/aromatic N) is 3. The zero-order chi connectivity index (χ0) is 27.1. The Kier molecular flexibility index (Phi) is 9.33. The first kappa shape index (κ1) is 27.6. The Balaban J connectivity index is 1.32. The molecular formula is C28H38FN7O2. The standard InChI is InChI=1S/C28H38FN7O2/c1-34-15-17-35(18-16-34)28(38)25(33-27(37)21-6-10-23(11-7-21)36(31)14-12-30)3-2-13-32-26-19-24(26)20-4-8-22(29)9-5-20/h4-12,14,24-26,32H,2-3,13,15-19,30-31H2,1H3,(H,33,37)/b14-12-/t24?,25-,26?/m1/s1. The van der Waals surface area contributed by atoms with Crippen LogP contribution in [0.4, 0.5) is 10.1 Å². The second-order valence-electron chi connectivity index (χ2n) is 10.0. The van der Waals surface area contributed by atoms with E-state index in [2.05, 4.69) is 15.5 Å². The maximum Gasteiger partial charge on any atom is 0.251 e. The van der Waals surface area contributed by atoms with Crippen LogP contribution in [0.3, 0.4) is 0 Å². The molecule has 0 spiro atoms. The highest BCUT2D eigenvalue weighted by atomic mass is 19.1. The average Bonchev–Trinajstić information content (AvgIpc) is 3.70. The molecule has 1 aliphatic carbocycles. The number of amides is 2. The molecule has 3 atom stereocenters. The van der Waals surface area contributed by atoms with Crippen LogP contribution in [-0.4, -0.2) is 73.5 Å². The number of anilines is 1. The lowest BCUT2D eigenvalue weighted by Crippen LogP contribution is -2.54. The second kappa shape index (κ2) is 12.9. The van der Waals surface area contributed by atoms with Gasteiger partial charge in [-0.25, -0.2) is 10.2 Å². The summed E-state index contributed by atoms with van der Waals surface area (Å²) in [6, 6.07) is 13.2. The highest BCUT2D eigenvalue weighted by molar-refractivity contribution is 5.97. The highest BCUT2D eigenvalue weighted by Gasteiger charge is 2.37. The van der Waals surface area contributed by atoms with Gasteiger partial charge in [-0.1, -0.05) is 12.1 Å². The Labute approximate surface area is 223 Å². The number of carbonyl (C=O) groups is 2. The van der Waals surface area contributed by atoms with E-state index in [1.165, 1.54) is 29.5 Å². The van der Waals surface area contributed by atoms with Gasteiger partial charge in [-0.3, -0.25) is 14.6 Å². The van der Waals surface area contributed by atoms with E-state index in [0.717, 1.165) is 38.0 Å². The van der Waals surface area contributed by atoms with Gasteiger partial charge < -0.3 is 26.2 Å². The van der Waals surface area contributed by atoms with Crippen molar-refractivity contribution in [1.29, 1.82) is 0 Å². The Morgan fingerprint density at radius 2 is 1.79 bits per heavy atom. The molecule has 1 saturated carbocycles. The van der Waals surface area contributed by atoms with Crippen LogP contribution < -0.4 is 27.2 Å². The lowest BCUT2D eigenvalue weighted by Gasteiger charge is -2.34. The number of hydrogen-bond acceptors (Lipinski definition) is 7. The number of piperazine rings is 1. The van der Waals surface area contributed by atoms with Crippen molar-refractivity contribution in [2.75, 3.05) is 44.8 Å². The van der Waals surface area contributed by atoms with E-state index in [-0.39, 0.29) is 17.6 Å². The van der Waals surface area contributed by atoms with Gasteiger partial charge >= 0.3 is 0 Å². The van der Waals surface area contributed by atoms with E-state index < -0.39 is 6.04 Å². The molecule has 1 saturated heterocycles. The molecule has 2 aliphatic rings. The molecule has 0 radical (unpaired) electrons. The molecule has 4 rings (SSSR count). The first-order valence-corrected chi connectivity index (χ1v) is 13.1. The summed E-state index contributed by atoms with van der Waals surface area (Å²) in [5.41, 5.74) is 7.66. The minimum atomic E-state index is -0.606. The van der Waals surface area contributed by atoms with Gasteiger partial charge in [-0.05, 0) is 74.8 Å². The normalized spacial score (nSPS) is 20.3. The van der Waals surface area contributed by atoms with E-state index in [1.54, 1.807) is 24.3 Å². The molecule has 2 amide bonds. The summed E-state index contributed by atoms with van der Waals surface area (Å²) in [7, 11) is 2.04. The number of benzene rings is 2. The molecule has 0 aromatic heterocycles. The fraction of sp³-hybridized carbons (Fsp3) is 0.429. The monoisotopic (exact) mass is 523 g/mol. The second-order valence-corrected chi connectivity index (χ2v) is 10.0. The Morgan fingerprint density at radius 1 is 1.11 bits per heavy atom. The molecular weight excluding hydrogens is 485 g/mol. The molecule has 6 N–H and O–H groups in total. The Hall–Kier alpha value is -3.47. The fourth-order valence-electron chi connectivity index (χ4n) is 4.80. The van der Waals surface area contributed by atoms with Gasteiger partial charge in [0, 0.05) is 56.1 Å². The van der Waals surface area contributed by atoms with Crippen LogP contribution in [0.15, 0.2) is 60.9 Å². The molecule has 9 nitrogen and oxygen atoms in total. The van der Waals surface area contributed by atoms with Gasteiger partial charge in [0.2, 0.25) is 5.91 Å². The number of likely N-dealkylation sites (N-methyl/N-ethyl adjacent to an activating group) is 1. The molecule has 2 aromatic carbocycles. The Morgan fingerprint density at radius 3 is 2.45 bits per heavy atom. The van der Waals surface area contributed by atoms with Gasteiger partial charge in [-0.2, -0.15) is 0 Å². The molecule has 2 aromatic rings. The third kappa shape index (κ3) is 7.31. The van der Waals surface area contributed by atoms with E-state index in [1.807, 2.05) is 24.1 Å². The Bertz CT molecular complexity index is 1100. The first-order chi connectivity index (χ1) is 18.4. The molecule has 38 heavy (non-hydrogen) atoms. The number of carbonyl (C=O) groups excluding carboxylic acids is 2. The summed E-state index contributed by atoms with van der Waals surface area (Å²) in [6.45, 7) is 3.66. The lowest BCUT2D eigenvalue weighted by molar-refractivity contribution is -0.135. The molecule has 1 aliphatic heterocycles. The zero-order valence-electron chi connectivity index (χ0n) is 21.9. The number of hydrogen-bond donors (Lipinski definition) is 4. The quantitative estimate of drug-likeness (QED) is 0.201. The summed E-state index contributed by atoms with van der Waals surface area (Å²) in [6.07, 6.45) is 5.13. The highest BCUT2D eigenvalue weighted by Crippen LogP contribution is 2.40. The van der Waals surface area contributed by atoms with Gasteiger partial charge in [0.15, 0.2) is 0 Å². The van der Waals surface area contributed by atoms with Crippen molar-refractivity contribution in [2.24, 2.45) is 11.6 Å². The van der Waals surface area contributed by atoms with Crippen LogP contribution in [0, 0.1) is 5.82 Å². The van der Waals surface area contributed by atoms with Gasteiger partial charge in [0.1, 0.15) is 11.9 Å². The fourth-order valence-corrected chi connectivity index (χ4v) is 4.80. The largest absolute Gasteiger partial charge is 0.403 e. The summed E-state index contributed by atoms with van der Waals surface area (Å²) in [5, 5.41) is 7.87. The summed E-state index contributed by atoms with van der Waals surface area (Å²) < 4.78 is 13.2. The number of halogens is 1. The third-order valence-corrected chi connectivity index (χ3v) is 7.26. The van der Waals surface area contributed by atoms with Gasteiger partial charge in [0.25, 0.3) is 5.91 Å². The van der Waals surface area contributed by atoms with Gasteiger partial charge in [-0.15, -0.1) is 0 Å². The predicted molar refractivity (Wildman–Crippen MR) is 147 cm³/mol. The third-order valence-electron chi connectivity index (χ3n) is 7.26. The summed E-state index contributed by atoms with van der Waals surface area (Å²) in [4.78, 5) is 30.5. The minimum absolute atomic E-state index is 0.0418. The van der Waals surface area contributed by atoms with Crippen molar-refractivity contribution >= 4 is 17.5 Å². The van der Waals surface area contributed by atoms with Crippen LogP contribution in [0.1, 0.15) is 41.1 Å². The number of nitrogens with one attached hydrogen (secondary N) is 2. The minimum Gasteiger partial charge on any atom is -0.403 e. The molecule has 10 heteroatoms. The van der Waals surface area contributed by atoms with E-state index >= 15 is 0 Å². The van der Waals surface area contributed by atoms with Crippen molar-refractivity contribution in [3.63, 3.8) is 0 Å². The topological polar surface area (TPSA) is 120 Å². The maximum absolute atomic E-state index is 13.4. The SMILES string of the molecule is CN1CCN(C(=O)[C@@H](CCCNC2CC2c2ccc(F)cc2)NC(=O)c2ccc(N(N)/C=C\N)cc2)CC1. The van der Waals surface area contributed by atoms with Crippen LogP contribution in [0.2, 0.25) is 0 Å². The smallest absolute Gasteiger partial charge is 0.251 e. The van der Waals surface area contributed by atoms with E-state index in [4.69, 9.17) is 11.6 Å². The van der Waals surface area contributed by atoms with Gasteiger partial charge in [0.05, 0.1) is 5.69 Å². The number of nitrogens with two attached hydrogens (primary N) is 2. The number of rotatable bonds is 11. The van der Waals surface area contributed by atoms with Crippen molar-refractivity contribution in [3.8, 4) is 0 Å². The van der Waals surface area contributed by atoms with Crippen LogP contribution in [0.25, 0.3) is 0 Å². The predicted octanol–water partition coefficient (Wildman–Crippen LogP) is 1.73. The van der Waals surface area contributed by atoms with E-state index in [0.29, 0.717) is 42.7 Å². The van der Waals surface area contributed by atoms with E-state index in [9.17, 15) is 14.0 Å². The lowest BCUT2D eigenvalue weighted by atomic mass is 10.1. The van der Waals surface area contributed by atoms with Crippen LogP contribution in [0.5, 0.6) is 0 Å². The summed E-state index contributed by atoms with van der Waals surface area (Å²) in [5.74, 6) is 5.71. The van der Waals surface area contributed by atoms with Crippen molar-refractivity contribution in [2.45, 2.75) is 37.3 Å². The van der Waals surface area contributed by atoms with Crippen molar-refractivity contribution in [3.05, 3.63) is 77.9 Å². The number of hydrazine groups is 1. The van der Waals surface area contributed by atoms with Crippen molar-refractivity contribution < 1.29 is 14.0 Å². The molecule has 204 valence electrons. The first-order valence-electron chi connectivity index (χ1n) is 13.1. The molecule has 2 unspecified atom stereocenters. The van der Waals surface area contributed by atoms with Crippen LogP contribution >= 0.6 is 0 Å². The maximum atomic E-state index is 13.4.